The average molecular weight is 244 g/mol. The van der Waals surface area contributed by atoms with E-state index in [0.29, 0.717) is 13.2 Å². The molecule has 1 spiro atoms. The third-order valence-electron chi connectivity index (χ3n) is 4.11. The molecule has 2 heterocycles. The van der Waals surface area contributed by atoms with Crippen molar-refractivity contribution >= 4 is 0 Å². The van der Waals surface area contributed by atoms with Crippen molar-refractivity contribution in [3.8, 4) is 6.07 Å². The molecule has 1 aromatic heterocycles. The summed E-state index contributed by atoms with van der Waals surface area (Å²) in [6, 6.07) is 6.37. The van der Waals surface area contributed by atoms with Crippen LogP contribution in [0.4, 0.5) is 0 Å². The Morgan fingerprint density at radius 2 is 1.89 bits per heavy atom. The van der Waals surface area contributed by atoms with Gasteiger partial charge in [0.2, 0.25) is 0 Å². The molecule has 0 amide bonds. The number of hydrogen-bond donors (Lipinski definition) is 0. The molecule has 1 aliphatic carbocycles. The highest BCUT2D eigenvalue weighted by atomic mass is 16.7. The van der Waals surface area contributed by atoms with E-state index in [-0.39, 0.29) is 0 Å². The van der Waals surface area contributed by atoms with Gasteiger partial charge in [0.1, 0.15) is 0 Å². The van der Waals surface area contributed by atoms with Gasteiger partial charge >= 0.3 is 0 Å². The third-order valence-corrected chi connectivity index (χ3v) is 4.11. The lowest BCUT2D eigenvalue weighted by molar-refractivity contribution is -0.182. The summed E-state index contributed by atoms with van der Waals surface area (Å²) < 4.78 is 11.4. The SMILES string of the molecule is N#CC1(c2cccnc2)CCC2(CC1)OCCO2. The molecule has 1 saturated carbocycles. The van der Waals surface area contributed by atoms with Gasteiger partial charge in [-0.3, -0.25) is 4.98 Å². The molecule has 1 saturated heterocycles. The van der Waals surface area contributed by atoms with E-state index in [2.05, 4.69) is 11.1 Å². The molecule has 0 aromatic carbocycles. The van der Waals surface area contributed by atoms with Crippen molar-refractivity contribution in [1.82, 2.24) is 4.98 Å². The van der Waals surface area contributed by atoms with Gasteiger partial charge in [-0.15, -0.1) is 0 Å². The van der Waals surface area contributed by atoms with Gasteiger partial charge in [-0.1, -0.05) is 6.07 Å². The molecule has 2 aliphatic rings. The molecule has 3 rings (SSSR count). The van der Waals surface area contributed by atoms with Gasteiger partial charge in [0.15, 0.2) is 5.79 Å². The fourth-order valence-corrected chi connectivity index (χ4v) is 2.95. The summed E-state index contributed by atoms with van der Waals surface area (Å²) in [5.74, 6) is -0.414. The van der Waals surface area contributed by atoms with Crippen molar-refractivity contribution in [3.63, 3.8) is 0 Å². The van der Waals surface area contributed by atoms with Crippen molar-refractivity contribution in [2.75, 3.05) is 13.2 Å². The minimum atomic E-state index is -0.422. The van der Waals surface area contributed by atoms with E-state index in [4.69, 9.17) is 9.47 Å². The average Bonchev–Trinajstić information content (AvgIpc) is 2.90. The van der Waals surface area contributed by atoms with E-state index in [1.165, 1.54) is 0 Å². The number of ether oxygens (including phenoxy) is 2. The minimum Gasteiger partial charge on any atom is -0.348 e. The predicted octanol–water partition coefficient (Wildman–Crippen LogP) is 2.16. The lowest BCUT2D eigenvalue weighted by Gasteiger charge is -2.39. The Kier molecular flexibility index (Phi) is 2.81. The van der Waals surface area contributed by atoms with Crippen LogP contribution in [0.2, 0.25) is 0 Å². The third kappa shape index (κ3) is 1.80. The first kappa shape index (κ1) is 11.6. The Bertz CT molecular complexity index is 450. The summed E-state index contributed by atoms with van der Waals surface area (Å²) in [5.41, 5.74) is 0.592. The van der Waals surface area contributed by atoms with Crippen LogP contribution in [0.15, 0.2) is 24.5 Å². The number of hydrogen-bond acceptors (Lipinski definition) is 4. The highest BCUT2D eigenvalue weighted by Crippen LogP contribution is 2.45. The molecule has 0 N–H and O–H groups in total. The minimum absolute atomic E-state index is 0.414. The summed E-state index contributed by atoms with van der Waals surface area (Å²) in [5, 5.41) is 9.57. The second-order valence-electron chi connectivity index (χ2n) is 5.04. The fourth-order valence-electron chi connectivity index (χ4n) is 2.95. The molecule has 0 radical (unpaired) electrons. The summed E-state index contributed by atoms with van der Waals surface area (Å²) in [7, 11) is 0. The molecule has 4 nitrogen and oxygen atoms in total. The zero-order chi connectivity index (χ0) is 12.5. The number of pyridine rings is 1. The van der Waals surface area contributed by atoms with Crippen molar-refractivity contribution in [2.24, 2.45) is 0 Å². The van der Waals surface area contributed by atoms with Crippen molar-refractivity contribution in [2.45, 2.75) is 36.9 Å². The van der Waals surface area contributed by atoms with Crippen molar-refractivity contribution in [3.05, 3.63) is 30.1 Å². The van der Waals surface area contributed by atoms with Gasteiger partial charge in [-0.2, -0.15) is 5.26 Å². The molecule has 0 atom stereocenters. The van der Waals surface area contributed by atoms with E-state index in [1.54, 1.807) is 12.4 Å². The van der Waals surface area contributed by atoms with Gasteiger partial charge in [-0.25, -0.2) is 0 Å². The Morgan fingerprint density at radius 3 is 2.44 bits per heavy atom. The van der Waals surface area contributed by atoms with Crippen LogP contribution >= 0.6 is 0 Å². The Morgan fingerprint density at radius 1 is 1.17 bits per heavy atom. The fraction of sp³-hybridized carbons (Fsp3) is 0.571. The monoisotopic (exact) mass is 244 g/mol. The predicted molar refractivity (Wildman–Crippen MR) is 64.6 cm³/mol. The normalized spacial score (nSPS) is 24.8. The molecule has 4 heteroatoms. The van der Waals surface area contributed by atoms with Crippen LogP contribution in [0.1, 0.15) is 31.2 Å². The molecular weight excluding hydrogens is 228 g/mol. The standard InChI is InChI=1S/C14H16N2O2/c15-11-13(12-2-1-7-16-10-12)3-5-14(6-4-13)17-8-9-18-14/h1-2,7,10H,3-6,8-9H2. The molecule has 2 fully saturated rings. The smallest absolute Gasteiger partial charge is 0.168 e. The van der Waals surface area contributed by atoms with Crippen LogP contribution in [0.5, 0.6) is 0 Å². The second kappa shape index (κ2) is 4.34. The lowest BCUT2D eigenvalue weighted by Crippen LogP contribution is -2.41. The maximum Gasteiger partial charge on any atom is 0.168 e. The van der Waals surface area contributed by atoms with Crippen LogP contribution < -0.4 is 0 Å². The summed E-state index contributed by atoms with van der Waals surface area (Å²) in [4.78, 5) is 4.13. The quantitative estimate of drug-likeness (QED) is 0.759. The van der Waals surface area contributed by atoms with Crippen molar-refractivity contribution < 1.29 is 9.47 Å². The number of nitriles is 1. The maximum atomic E-state index is 9.57. The Labute approximate surface area is 107 Å². The highest BCUT2D eigenvalue weighted by molar-refractivity contribution is 5.31. The van der Waals surface area contributed by atoms with Crippen LogP contribution in [-0.4, -0.2) is 24.0 Å². The maximum absolute atomic E-state index is 9.57. The second-order valence-corrected chi connectivity index (χ2v) is 5.04. The van der Waals surface area contributed by atoms with Crippen LogP contribution in [0.25, 0.3) is 0 Å². The summed E-state index contributed by atoms with van der Waals surface area (Å²) in [6.45, 7) is 1.35. The van der Waals surface area contributed by atoms with Gasteiger partial charge in [-0.05, 0) is 24.5 Å². The van der Waals surface area contributed by atoms with Gasteiger partial charge in [0.25, 0.3) is 0 Å². The van der Waals surface area contributed by atoms with E-state index in [1.807, 2.05) is 12.1 Å². The molecule has 0 unspecified atom stereocenters. The highest BCUT2D eigenvalue weighted by Gasteiger charge is 2.47. The molecule has 0 bridgehead atoms. The van der Waals surface area contributed by atoms with E-state index < -0.39 is 11.2 Å². The zero-order valence-corrected chi connectivity index (χ0v) is 10.3. The van der Waals surface area contributed by atoms with Crippen LogP contribution in [0.3, 0.4) is 0 Å². The molecular formula is C14H16N2O2. The molecule has 1 aromatic rings. The first-order chi connectivity index (χ1) is 8.79. The molecule has 94 valence electrons. The molecule has 18 heavy (non-hydrogen) atoms. The number of nitrogens with zero attached hydrogens (tertiary/aromatic N) is 2. The lowest BCUT2D eigenvalue weighted by atomic mass is 9.69. The van der Waals surface area contributed by atoms with Crippen LogP contribution in [-0.2, 0) is 14.9 Å². The topological polar surface area (TPSA) is 55.1 Å². The largest absolute Gasteiger partial charge is 0.348 e. The first-order valence-corrected chi connectivity index (χ1v) is 6.38. The summed E-state index contributed by atoms with van der Waals surface area (Å²) in [6.07, 6.45) is 6.66. The zero-order valence-electron chi connectivity index (χ0n) is 10.3. The van der Waals surface area contributed by atoms with Crippen LogP contribution in [0, 0.1) is 11.3 Å². The van der Waals surface area contributed by atoms with Crippen molar-refractivity contribution in [1.29, 1.82) is 5.26 Å². The number of aromatic nitrogens is 1. The summed E-state index contributed by atoms with van der Waals surface area (Å²) >= 11 is 0. The first-order valence-electron chi connectivity index (χ1n) is 6.38. The van der Waals surface area contributed by atoms with Gasteiger partial charge < -0.3 is 9.47 Å². The Balaban J connectivity index is 1.82. The van der Waals surface area contributed by atoms with E-state index >= 15 is 0 Å². The number of rotatable bonds is 1. The molecule has 1 aliphatic heterocycles. The van der Waals surface area contributed by atoms with E-state index in [0.717, 1.165) is 31.2 Å². The van der Waals surface area contributed by atoms with Gasteiger partial charge in [0, 0.05) is 25.2 Å². The van der Waals surface area contributed by atoms with E-state index in [9.17, 15) is 5.26 Å². The Hall–Kier alpha value is -1.44. The van der Waals surface area contributed by atoms with Gasteiger partial charge in [0.05, 0.1) is 24.7 Å².